The molecule has 1 heterocycles. The molecule has 0 unspecified atom stereocenters. The first-order valence-corrected chi connectivity index (χ1v) is 14.1. The van der Waals surface area contributed by atoms with Gasteiger partial charge < -0.3 is 31.1 Å². The second kappa shape index (κ2) is 14.9. The number of nitrogens with one attached hydrogen (secondary N) is 5. The molecule has 0 aliphatic rings. The predicted molar refractivity (Wildman–Crippen MR) is 162 cm³/mol. The van der Waals surface area contributed by atoms with Crippen LogP contribution in [0.5, 0.6) is 0 Å². The molecule has 0 saturated heterocycles. The second-order valence-electron chi connectivity index (χ2n) is 11.3. The van der Waals surface area contributed by atoms with Crippen molar-refractivity contribution in [2.75, 3.05) is 0 Å². The third-order valence-electron chi connectivity index (χ3n) is 6.56. The van der Waals surface area contributed by atoms with Crippen molar-refractivity contribution in [3.8, 4) is 0 Å². The van der Waals surface area contributed by atoms with Crippen LogP contribution in [0.2, 0.25) is 0 Å². The van der Waals surface area contributed by atoms with Gasteiger partial charge in [0.25, 0.3) is 0 Å². The van der Waals surface area contributed by atoms with Crippen LogP contribution in [0, 0.1) is 5.41 Å². The highest BCUT2D eigenvalue weighted by Crippen LogP contribution is 2.19. The Bertz CT molecular complexity index is 1460. The van der Waals surface area contributed by atoms with Gasteiger partial charge in [-0.15, -0.1) is 0 Å². The van der Waals surface area contributed by atoms with E-state index in [2.05, 4.69) is 20.9 Å². The van der Waals surface area contributed by atoms with Gasteiger partial charge in [-0.05, 0) is 44.4 Å². The van der Waals surface area contributed by atoms with Gasteiger partial charge in [0.1, 0.15) is 23.7 Å². The molecule has 0 aliphatic heterocycles. The van der Waals surface area contributed by atoms with Crippen LogP contribution < -0.4 is 16.0 Å². The molecule has 3 aromatic rings. The number of amides is 3. The number of H-pyrrole nitrogens is 1. The van der Waals surface area contributed by atoms with Crippen molar-refractivity contribution in [1.29, 1.82) is 5.41 Å². The Balaban J connectivity index is 1.84. The van der Waals surface area contributed by atoms with Crippen molar-refractivity contribution in [3.05, 3.63) is 71.9 Å². The number of carbonyl (C=O) groups excluding carboxylic acids is 5. The molecule has 0 bridgehead atoms. The molecule has 0 fully saturated rings. The van der Waals surface area contributed by atoms with Crippen LogP contribution in [0.15, 0.2) is 60.8 Å². The Morgan fingerprint density at radius 2 is 1.49 bits per heavy atom. The van der Waals surface area contributed by atoms with Crippen LogP contribution in [-0.4, -0.2) is 64.4 Å². The van der Waals surface area contributed by atoms with Crippen LogP contribution in [0.3, 0.4) is 0 Å². The minimum Gasteiger partial charge on any atom is -0.458 e. The van der Waals surface area contributed by atoms with Gasteiger partial charge in [0, 0.05) is 43.3 Å². The van der Waals surface area contributed by atoms with E-state index >= 15 is 0 Å². The molecule has 228 valence electrons. The highest BCUT2D eigenvalue weighted by atomic mass is 16.6. The van der Waals surface area contributed by atoms with E-state index in [1.807, 2.05) is 54.6 Å². The third kappa shape index (κ3) is 10.2. The quantitative estimate of drug-likeness (QED) is 0.143. The summed E-state index contributed by atoms with van der Waals surface area (Å²) in [5.41, 5.74) is 1.63. The number of ketones is 1. The van der Waals surface area contributed by atoms with E-state index in [1.165, 1.54) is 6.92 Å². The molecule has 3 rings (SSSR count). The summed E-state index contributed by atoms with van der Waals surface area (Å²) >= 11 is 0. The molecule has 1 aromatic heterocycles. The van der Waals surface area contributed by atoms with Crippen molar-refractivity contribution in [1.82, 2.24) is 20.9 Å². The van der Waals surface area contributed by atoms with Gasteiger partial charge in [0.15, 0.2) is 5.78 Å². The molecule has 11 nitrogen and oxygen atoms in total. The van der Waals surface area contributed by atoms with Crippen molar-refractivity contribution in [2.24, 2.45) is 0 Å². The fourth-order valence-electron chi connectivity index (χ4n) is 4.56. The van der Waals surface area contributed by atoms with Gasteiger partial charge in [0.05, 0.1) is 6.21 Å². The van der Waals surface area contributed by atoms with Crippen LogP contribution in [0.1, 0.15) is 51.7 Å². The van der Waals surface area contributed by atoms with Crippen LogP contribution in [0.25, 0.3) is 10.9 Å². The molecule has 0 spiro atoms. The highest BCUT2D eigenvalue weighted by Gasteiger charge is 2.32. The summed E-state index contributed by atoms with van der Waals surface area (Å²) in [6, 6.07) is 13.3. The average Bonchev–Trinajstić information content (AvgIpc) is 3.36. The number of fused-ring (bicyclic) bond motifs is 1. The maximum absolute atomic E-state index is 13.6. The largest absolute Gasteiger partial charge is 0.458 e. The number of benzene rings is 2. The van der Waals surface area contributed by atoms with E-state index < -0.39 is 53.2 Å². The summed E-state index contributed by atoms with van der Waals surface area (Å²) in [6.45, 7) is 6.44. The number of Topliss-reactive ketones (excluding diaryl/α,β-unsaturated/α-hetero) is 1. The zero-order valence-corrected chi connectivity index (χ0v) is 24.9. The Morgan fingerprint density at radius 3 is 2.14 bits per heavy atom. The first-order chi connectivity index (χ1) is 20.4. The van der Waals surface area contributed by atoms with Crippen molar-refractivity contribution in [3.63, 3.8) is 0 Å². The predicted octanol–water partition coefficient (Wildman–Crippen LogP) is 2.77. The van der Waals surface area contributed by atoms with Gasteiger partial charge >= 0.3 is 5.97 Å². The number of esters is 1. The molecule has 43 heavy (non-hydrogen) atoms. The number of hydrogen-bond donors (Lipinski definition) is 5. The Morgan fingerprint density at radius 1 is 0.860 bits per heavy atom. The zero-order valence-electron chi connectivity index (χ0n) is 24.9. The summed E-state index contributed by atoms with van der Waals surface area (Å²) in [5.74, 6) is -2.96. The lowest BCUT2D eigenvalue weighted by molar-refractivity contribution is -0.158. The number of aromatic nitrogens is 1. The lowest BCUT2D eigenvalue weighted by atomic mass is 10.0. The molecule has 0 aliphatic carbocycles. The van der Waals surface area contributed by atoms with Crippen LogP contribution >= 0.6 is 0 Å². The summed E-state index contributed by atoms with van der Waals surface area (Å²) in [7, 11) is 0. The monoisotopic (exact) mass is 589 g/mol. The van der Waals surface area contributed by atoms with E-state index in [9.17, 15) is 24.0 Å². The Hall–Kier alpha value is -4.80. The average molecular weight is 590 g/mol. The van der Waals surface area contributed by atoms with Gasteiger partial charge in [-0.2, -0.15) is 0 Å². The lowest BCUT2D eigenvalue weighted by Crippen LogP contribution is -2.56. The number of rotatable bonds is 14. The summed E-state index contributed by atoms with van der Waals surface area (Å²) in [6.07, 6.45) is 2.36. The van der Waals surface area contributed by atoms with Crippen LogP contribution in [0.4, 0.5) is 0 Å². The number of ether oxygens (including phenoxy) is 1. The second-order valence-corrected chi connectivity index (χ2v) is 11.3. The molecule has 0 radical (unpaired) electrons. The molecule has 0 saturated carbocycles. The van der Waals surface area contributed by atoms with E-state index in [4.69, 9.17) is 10.1 Å². The third-order valence-corrected chi connectivity index (χ3v) is 6.56. The summed E-state index contributed by atoms with van der Waals surface area (Å²) < 4.78 is 5.55. The van der Waals surface area contributed by atoms with Gasteiger partial charge in [-0.3, -0.25) is 19.2 Å². The molecule has 3 amide bonds. The van der Waals surface area contributed by atoms with E-state index in [0.29, 0.717) is 6.21 Å². The van der Waals surface area contributed by atoms with E-state index in [0.717, 1.165) is 22.0 Å². The van der Waals surface area contributed by atoms with Gasteiger partial charge in [0.2, 0.25) is 17.7 Å². The SMILES string of the molecule is CC(=O)N[C@@H](Cc1c[nH]c2ccccc12)C(=O)N[C@@H](CCC(=O)C=N)C(=O)N[C@@H](Cc1ccccc1)C(=O)OC(C)(C)C. The smallest absolute Gasteiger partial charge is 0.329 e. The first kappa shape index (κ1) is 32.7. The first-order valence-electron chi connectivity index (χ1n) is 14.1. The molecule has 5 N–H and O–H groups in total. The maximum Gasteiger partial charge on any atom is 0.329 e. The summed E-state index contributed by atoms with van der Waals surface area (Å²) in [5, 5.41) is 16.1. The normalized spacial score (nSPS) is 13.3. The standard InChI is InChI=1S/C32H39N5O6/c1-20(38)35-27(17-22-19-34-25-13-9-8-12-24(22)25)30(41)36-26(15-14-23(39)18-33)29(40)37-28(31(42)43-32(2,3)4)16-21-10-6-5-7-11-21/h5-13,18-19,26-28,33-34H,14-17H2,1-4H3,(H,35,38)(H,36,41)(H,37,40)/t26-,27-,28-/m0/s1. The van der Waals surface area contributed by atoms with Crippen molar-refractivity contribution >= 4 is 46.6 Å². The number of carbonyl (C=O) groups is 5. The number of hydrogen-bond acceptors (Lipinski definition) is 7. The Kier molecular flexibility index (Phi) is 11.3. The number of para-hydroxylation sites is 1. The number of aromatic amines is 1. The van der Waals surface area contributed by atoms with Gasteiger partial charge in [-0.25, -0.2) is 4.79 Å². The van der Waals surface area contributed by atoms with Crippen molar-refractivity contribution in [2.45, 2.75) is 77.1 Å². The fraction of sp³-hybridized carbons (Fsp3) is 0.375. The molecule has 2 aromatic carbocycles. The minimum absolute atomic E-state index is 0.127. The molecule has 11 heteroatoms. The molecular formula is C32H39N5O6. The fourth-order valence-corrected chi connectivity index (χ4v) is 4.56. The highest BCUT2D eigenvalue weighted by molar-refractivity contribution is 6.26. The molecular weight excluding hydrogens is 550 g/mol. The van der Waals surface area contributed by atoms with E-state index in [-0.39, 0.29) is 25.7 Å². The minimum atomic E-state index is -1.24. The Labute approximate surface area is 250 Å². The maximum atomic E-state index is 13.6. The zero-order chi connectivity index (χ0) is 31.6. The van der Waals surface area contributed by atoms with E-state index in [1.54, 1.807) is 27.0 Å². The summed E-state index contributed by atoms with van der Waals surface area (Å²) in [4.78, 5) is 67.4. The topological polar surface area (TPSA) is 170 Å². The van der Waals surface area contributed by atoms with Crippen molar-refractivity contribution < 1.29 is 28.7 Å². The van der Waals surface area contributed by atoms with Gasteiger partial charge in [-0.1, -0.05) is 48.5 Å². The lowest BCUT2D eigenvalue weighted by Gasteiger charge is -2.27. The molecule has 3 atom stereocenters. The van der Waals surface area contributed by atoms with Crippen LogP contribution in [-0.2, 0) is 41.6 Å².